The molecule has 1 aliphatic heterocycles. The molecule has 1 amide bonds. The maximum Gasteiger partial charge on any atom is 0.254 e. The molecule has 0 spiro atoms. The number of carbonyl (C=O) groups excluding carboxylic acids is 1. The minimum absolute atomic E-state index is 0. The maximum absolute atomic E-state index is 13.0. The van der Waals surface area contributed by atoms with Crippen molar-refractivity contribution in [3.8, 4) is 11.4 Å². The lowest BCUT2D eigenvalue weighted by Gasteiger charge is -2.38. The highest BCUT2D eigenvalue weighted by molar-refractivity contribution is 5.95. The summed E-state index contributed by atoms with van der Waals surface area (Å²) in [5.74, 6) is 2.34. The summed E-state index contributed by atoms with van der Waals surface area (Å²) in [4.78, 5) is 19.4. The molecule has 2 aromatic rings. The first-order valence-electron chi connectivity index (χ1n) is 9.10. The molecular weight excluding hydrogens is 352 g/mol. The van der Waals surface area contributed by atoms with E-state index < -0.39 is 0 Å². The van der Waals surface area contributed by atoms with E-state index in [2.05, 4.69) is 17.1 Å². The maximum atomic E-state index is 13.0. The molecule has 1 saturated heterocycles. The molecule has 26 heavy (non-hydrogen) atoms. The van der Waals surface area contributed by atoms with Gasteiger partial charge in [-0.25, -0.2) is 0 Å². The van der Waals surface area contributed by atoms with E-state index in [4.69, 9.17) is 10.3 Å². The van der Waals surface area contributed by atoms with Crippen LogP contribution in [0, 0.1) is 5.92 Å². The third-order valence-electron chi connectivity index (χ3n) is 5.25. The fraction of sp³-hybridized carbons (Fsp3) is 0.526. The molecule has 6 nitrogen and oxygen atoms in total. The molecule has 0 radical (unpaired) electrons. The van der Waals surface area contributed by atoms with E-state index in [0.717, 1.165) is 37.8 Å². The van der Waals surface area contributed by atoms with Gasteiger partial charge in [-0.1, -0.05) is 24.2 Å². The van der Waals surface area contributed by atoms with Gasteiger partial charge in [0, 0.05) is 36.2 Å². The minimum atomic E-state index is 0. The molecule has 2 N–H and O–H groups in total. The van der Waals surface area contributed by atoms with Crippen LogP contribution in [0.3, 0.4) is 0 Å². The second-order valence-electron chi connectivity index (χ2n) is 7.33. The lowest BCUT2D eigenvalue weighted by Crippen LogP contribution is -2.49. The number of rotatable bonds is 4. The first kappa shape index (κ1) is 18.9. The Labute approximate surface area is 159 Å². The lowest BCUT2D eigenvalue weighted by atomic mass is 9.91. The molecule has 7 heteroatoms. The van der Waals surface area contributed by atoms with E-state index in [9.17, 15) is 4.79 Å². The zero-order chi connectivity index (χ0) is 17.4. The summed E-state index contributed by atoms with van der Waals surface area (Å²) in [6, 6.07) is 7.61. The normalized spacial score (nSPS) is 22.8. The molecule has 1 saturated carbocycles. The first-order valence-corrected chi connectivity index (χ1v) is 9.10. The second kappa shape index (κ2) is 7.76. The van der Waals surface area contributed by atoms with Crippen LogP contribution in [0.15, 0.2) is 28.8 Å². The van der Waals surface area contributed by atoms with Crippen LogP contribution in [-0.2, 0) is 0 Å². The van der Waals surface area contributed by atoms with Crippen molar-refractivity contribution in [2.24, 2.45) is 11.7 Å². The molecule has 4 rings (SSSR count). The van der Waals surface area contributed by atoms with Gasteiger partial charge in [-0.05, 0) is 43.7 Å². The van der Waals surface area contributed by atoms with Crippen LogP contribution in [0.25, 0.3) is 11.4 Å². The second-order valence-corrected chi connectivity index (χ2v) is 7.33. The van der Waals surface area contributed by atoms with Crippen molar-refractivity contribution in [2.75, 3.05) is 13.1 Å². The molecular formula is C19H25ClN4O2. The topological polar surface area (TPSA) is 85.2 Å². The molecule has 2 aliphatic rings. The highest BCUT2D eigenvalue weighted by Crippen LogP contribution is 2.39. The summed E-state index contributed by atoms with van der Waals surface area (Å²) in [6.07, 6.45) is 4.23. The SMILES string of the molecule is CC1CCN(C(=O)c2cccc(-c3noc(C4CC4)n3)c2)C(CN)C1.Cl. The number of nitrogens with two attached hydrogens (primary N) is 1. The van der Waals surface area contributed by atoms with Crippen LogP contribution in [0.1, 0.15) is 54.8 Å². The molecule has 2 fully saturated rings. The molecule has 1 aromatic carbocycles. The van der Waals surface area contributed by atoms with Crippen molar-refractivity contribution in [3.63, 3.8) is 0 Å². The zero-order valence-electron chi connectivity index (χ0n) is 14.9. The number of aromatic nitrogens is 2. The minimum Gasteiger partial charge on any atom is -0.339 e. The number of hydrogen-bond acceptors (Lipinski definition) is 5. The summed E-state index contributed by atoms with van der Waals surface area (Å²) in [7, 11) is 0. The lowest BCUT2D eigenvalue weighted by molar-refractivity contribution is 0.0573. The van der Waals surface area contributed by atoms with Gasteiger partial charge in [-0.2, -0.15) is 4.98 Å². The summed E-state index contributed by atoms with van der Waals surface area (Å²) < 4.78 is 5.33. The Morgan fingerprint density at radius 2 is 2.15 bits per heavy atom. The van der Waals surface area contributed by atoms with Gasteiger partial charge >= 0.3 is 0 Å². The van der Waals surface area contributed by atoms with Gasteiger partial charge in [0.2, 0.25) is 11.7 Å². The van der Waals surface area contributed by atoms with Crippen molar-refractivity contribution in [3.05, 3.63) is 35.7 Å². The van der Waals surface area contributed by atoms with E-state index in [1.807, 2.05) is 29.2 Å². The van der Waals surface area contributed by atoms with E-state index >= 15 is 0 Å². The largest absolute Gasteiger partial charge is 0.339 e. The predicted octanol–water partition coefficient (Wildman–Crippen LogP) is 3.24. The Morgan fingerprint density at radius 3 is 2.88 bits per heavy atom. The molecule has 2 heterocycles. The van der Waals surface area contributed by atoms with E-state index in [0.29, 0.717) is 35.7 Å². The average Bonchev–Trinajstić information content (AvgIpc) is 3.38. The van der Waals surface area contributed by atoms with Crippen LogP contribution in [-0.4, -0.2) is 40.1 Å². The predicted molar refractivity (Wildman–Crippen MR) is 101 cm³/mol. The Morgan fingerprint density at radius 1 is 1.35 bits per heavy atom. The Hall–Kier alpha value is -1.92. The molecule has 2 unspecified atom stereocenters. The monoisotopic (exact) mass is 376 g/mol. The number of hydrogen-bond donors (Lipinski definition) is 1. The van der Waals surface area contributed by atoms with Crippen LogP contribution < -0.4 is 5.73 Å². The summed E-state index contributed by atoms with van der Waals surface area (Å²) in [5, 5.41) is 4.07. The van der Waals surface area contributed by atoms with E-state index in [-0.39, 0.29) is 24.4 Å². The van der Waals surface area contributed by atoms with E-state index in [1.165, 1.54) is 0 Å². The summed E-state index contributed by atoms with van der Waals surface area (Å²) in [5.41, 5.74) is 7.38. The first-order chi connectivity index (χ1) is 12.2. The third kappa shape index (κ3) is 3.76. The van der Waals surface area contributed by atoms with Crippen LogP contribution in [0.2, 0.25) is 0 Å². The number of carbonyl (C=O) groups is 1. The average molecular weight is 377 g/mol. The van der Waals surface area contributed by atoms with Crippen molar-refractivity contribution in [1.82, 2.24) is 15.0 Å². The van der Waals surface area contributed by atoms with Gasteiger partial charge in [0.05, 0.1) is 0 Å². The van der Waals surface area contributed by atoms with Crippen LogP contribution in [0.5, 0.6) is 0 Å². The van der Waals surface area contributed by atoms with Crippen LogP contribution in [0.4, 0.5) is 0 Å². The summed E-state index contributed by atoms with van der Waals surface area (Å²) >= 11 is 0. The van der Waals surface area contributed by atoms with Crippen molar-refractivity contribution >= 4 is 18.3 Å². The number of benzene rings is 1. The molecule has 140 valence electrons. The van der Waals surface area contributed by atoms with Crippen LogP contribution >= 0.6 is 12.4 Å². The molecule has 1 aliphatic carbocycles. The number of halogens is 1. The smallest absolute Gasteiger partial charge is 0.254 e. The number of amides is 1. The Bertz CT molecular complexity index is 774. The number of piperidine rings is 1. The quantitative estimate of drug-likeness (QED) is 0.885. The van der Waals surface area contributed by atoms with Gasteiger partial charge in [-0.3, -0.25) is 4.79 Å². The van der Waals surface area contributed by atoms with Gasteiger partial charge in [-0.15, -0.1) is 12.4 Å². The Kier molecular flexibility index (Phi) is 5.63. The highest BCUT2D eigenvalue weighted by atomic mass is 35.5. The molecule has 1 aromatic heterocycles. The van der Waals surface area contributed by atoms with E-state index in [1.54, 1.807) is 0 Å². The highest BCUT2D eigenvalue weighted by Gasteiger charge is 2.31. The van der Waals surface area contributed by atoms with Gasteiger partial charge in [0.15, 0.2) is 0 Å². The Balaban J connectivity index is 0.00000196. The zero-order valence-corrected chi connectivity index (χ0v) is 15.7. The summed E-state index contributed by atoms with van der Waals surface area (Å²) in [6.45, 7) is 3.49. The van der Waals surface area contributed by atoms with Gasteiger partial charge < -0.3 is 15.2 Å². The fourth-order valence-corrected chi connectivity index (χ4v) is 3.55. The molecule has 0 bridgehead atoms. The van der Waals surface area contributed by atoms with Crippen molar-refractivity contribution < 1.29 is 9.32 Å². The van der Waals surface area contributed by atoms with Gasteiger partial charge in [0.25, 0.3) is 5.91 Å². The van der Waals surface area contributed by atoms with Gasteiger partial charge in [0.1, 0.15) is 0 Å². The number of likely N-dealkylation sites (tertiary alicyclic amines) is 1. The van der Waals surface area contributed by atoms with Crippen molar-refractivity contribution in [1.29, 1.82) is 0 Å². The van der Waals surface area contributed by atoms with Crippen molar-refractivity contribution in [2.45, 2.75) is 44.6 Å². The number of nitrogens with zero attached hydrogens (tertiary/aromatic N) is 3. The fourth-order valence-electron chi connectivity index (χ4n) is 3.55. The third-order valence-corrected chi connectivity index (χ3v) is 5.25. The molecule has 2 atom stereocenters. The standard InChI is InChI=1S/C19H24N4O2.ClH/c1-12-7-8-23(16(9-12)11-20)19(24)15-4-2-3-14(10-15)17-21-18(25-22-17)13-5-6-13;/h2-4,10,12-13,16H,5-9,11,20H2,1H3;1H.